The van der Waals surface area contributed by atoms with Crippen LogP contribution in [0.25, 0.3) is 0 Å². The Morgan fingerprint density at radius 1 is 1.79 bits per heavy atom. The number of anilines is 1. The van der Waals surface area contributed by atoms with Crippen molar-refractivity contribution in [1.82, 2.24) is 4.98 Å². The van der Waals surface area contributed by atoms with E-state index in [4.69, 9.17) is 5.26 Å². The molecule has 0 aliphatic rings. The van der Waals surface area contributed by atoms with Gasteiger partial charge in [-0.25, -0.2) is 4.98 Å². The third kappa shape index (κ3) is 2.91. The van der Waals surface area contributed by atoms with Crippen LogP contribution in [-0.4, -0.2) is 11.0 Å². The van der Waals surface area contributed by atoms with Gasteiger partial charge in [0, 0.05) is 17.9 Å². The Balaban J connectivity index is 2.67. The molecule has 1 aromatic heterocycles. The molecule has 0 aliphatic carbocycles. The van der Waals surface area contributed by atoms with Crippen LogP contribution in [-0.2, 0) is 0 Å². The van der Waals surface area contributed by atoms with Crippen molar-refractivity contribution in [3.63, 3.8) is 0 Å². The highest BCUT2D eigenvalue weighted by Crippen LogP contribution is 2.10. The smallest absolute Gasteiger partial charge is 0.142 e. The number of rotatable bonds is 4. The molecule has 0 aromatic carbocycles. The molecule has 1 aromatic rings. The molecule has 0 fully saturated rings. The Bertz CT molecular complexity index is 352. The summed E-state index contributed by atoms with van der Waals surface area (Å²) in [6.45, 7) is 5.73. The SMILES string of the molecule is C=CCC(C)Nc1ccnc(C#N)c1. The van der Waals surface area contributed by atoms with Gasteiger partial charge < -0.3 is 5.32 Å². The Morgan fingerprint density at radius 3 is 3.21 bits per heavy atom. The van der Waals surface area contributed by atoms with Gasteiger partial charge in [0.25, 0.3) is 0 Å². The average molecular weight is 187 g/mol. The molecule has 0 bridgehead atoms. The predicted molar refractivity (Wildman–Crippen MR) is 56.9 cm³/mol. The number of nitrogens with one attached hydrogen (secondary N) is 1. The molecule has 14 heavy (non-hydrogen) atoms. The van der Waals surface area contributed by atoms with E-state index in [0.717, 1.165) is 12.1 Å². The summed E-state index contributed by atoms with van der Waals surface area (Å²) in [7, 11) is 0. The van der Waals surface area contributed by atoms with Crippen molar-refractivity contribution in [2.24, 2.45) is 0 Å². The quantitative estimate of drug-likeness (QED) is 0.736. The lowest BCUT2D eigenvalue weighted by Crippen LogP contribution is -2.13. The van der Waals surface area contributed by atoms with Crippen LogP contribution in [0.5, 0.6) is 0 Å². The molecule has 0 radical (unpaired) electrons. The van der Waals surface area contributed by atoms with Gasteiger partial charge in [0.05, 0.1) is 0 Å². The fourth-order valence-corrected chi connectivity index (χ4v) is 1.17. The second kappa shape index (κ2) is 5.03. The summed E-state index contributed by atoms with van der Waals surface area (Å²) in [6, 6.07) is 5.91. The second-order valence-corrected chi connectivity index (χ2v) is 3.11. The Kier molecular flexibility index (Phi) is 3.69. The number of hydrogen-bond acceptors (Lipinski definition) is 3. The third-order valence-corrected chi connectivity index (χ3v) is 1.81. The highest BCUT2D eigenvalue weighted by atomic mass is 14.9. The molecule has 1 N–H and O–H groups in total. The van der Waals surface area contributed by atoms with Crippen molar-refractivity contribution in [2.45, 2.75) is 19.4 Å². The first-order valence-corrected chi connectivity index (χ1v) is 4.50. The van der Waals surface area contributed by atoms with E-state index in [1.165, 1.54) is 0 Å². The van der Waals surface area contributed by atoms with Crippen molar-refractivity contribution < 1.29 is 0 Å². The van der Waals surface area contributed by atoms with Crippen LogP contribution in [0.2, 0.25) is 0 Å². The number of pyridine rings is 1. The van der Waals surface area contributed by atoms with E-state index in [9.17, 15) is 0 Å². The van der Waals surface area contributed by atoms with Crippen molar-refractivity contribution in [1.29, 1.82) is 5.26 Å². The van der Waals surface area contributed by atoms with Crippen LogP contribution in [0, 0.1) is 11.3 Å². The topological polar surface area (TPSA) is 48.7 Å². The van der Waals surface area contributed by atoms with E-state index in [1.54, 1.807) is 12.3 Å². The maximum absolute atomic E-state index is 8.64. The van der Waals surface area contributed by atoms with Crippen LogP contribution in [0.1, 0.15) is 19.0 Å². The normalized spacial score (nSPS) is 11.4. The zero-order chi connectivity index (χ0) is 10.4. The number of aromatic nitrogens is 1. The molecule has 0 saturated carbocycles. The van der Waals surface area contributed by atoms with Crippen molar-refractivity contribution in [3.05, 3.63) is 36.7 Å². The standard InChI is InChI=1S/C11H13N3/c1-3-4-9(2)14-10-5-6-13-11(7-10)8-12/h3,5-7,9H,1,4H2,2H3,(H,13,14). The number of nitriles is 1. The average Bonchev–Trinajstić information content (AvgIpc) is 2.18. The minimum Gasteiger partial charge on any atom is -0.382 e. The first-order valence-electron chi connectivity index (χ1n) is 4.50. The largest absolute Gasteiger partial charge is 0.382 e. The summed E-state index contributed by atoms with van der Waals surface area (Å²) in [6.07, 6.45) is 4.38. The Hall–Kier alpha value is -1.82. The van der Waals surface area contributed by atoms with Gasteiger partial charge in [0.2, 0.25) is 0 Å². The van der Waals surface area contributed by atoms with E-state index in [1.807, 2.05) is 18.2 Å². The zero-order valence-electron chi connectivity index (χ0n) is 8.20. The second-order valence-electron chi connectivity index (χ2n) is 3.11. The molecular weight excluding hydrogens is 174 g/mol. The molecule has 0 saturated heterocycles. The summed E-state index contributed by atoms with van der Waals surface area (Å²) in [5.41, 5.74) is 1.35. The van der Waals surface area contributed by atoms with Gasteiger partial charge in [-0.05, 0) is 25.5 Å². The van der Waals surface area contributed by atoms with Crippen LogP contribution in [0.3, 0.4) is 0 Å². The van der Waals surface area contributed by atoms with Crippen molar-refractivity contribution >= 4 is 5.69 Å². The zero-order valence-corrected chi connectivity index (χ0v) is 8.20. The maximum Gasteiger partial charge on any atom is 0.142 e. The third-order valence-electron chi connectivity index (χ3n) is 1.81. The highest BCUT2D eigenvalue weighted by molar-refractivity contribution is 5.46. The molecule has 72 valence electrons. The van der Waals surface area contributed by atoms with Gasteiger partial charge in [0.15, 0.2) is 0 Å². The molecule has 1 atom stereocenters. The lowest BCUT2D eigenvalue weighted by Gasteiger charge is -2.12. The lowest BCUT2D eigenvalue weighted by molar-refractivity contribution is 0.813. The van der Waals surface area contributed by atoms with E-state index in [-0.39, 0.29) is 0 Å². The summed E-state index contributed by atoms with van der Waals surface area (Å²) < 4.78 is 0. The lowest BCUT2D eigenvalue weighted by atomic mass is 10.2. The number of hydrogen-bond donors (Lipinski definition) is 1. The molecular formula is C11H13N3. The van der Waals surface area contributed by atoms with Crippen LogP contribution in [0.4, 0.5) is 5.69 Å². The van der Waals surface area contributed by atoms with Gasteiger partial charge in [0.1, 0.15) is 11.8 Å². The van der Waals surface area contributed by atoms with Gasteiger partial charge in [-0.1, -0.05) is 6.08 Å². The molecule has 3 heteroatoms. The van der Waals surface area contributed by atoms with E-state index in [0.29, 0.717) is 11.7 Å². The molecule has 0 aliphatic heterocycles. The van der Waals surface area contributed by atoms with E-state index >= 15 is 0 Å². The summed E-state index contributed by atoms with van der Waals surface area (Å²) >= 11 is 0. The van der Waals surface area contributed by atoms with Gasteiger partial charge in [-0.3, -0.25) is 0 Å². The first kappa shape index (κ1) is 10.3. The Morgan fingerprint density at radius 2 is 2.57 bits per heavy atom. The van der Waals surface area contributed by atoms with Crippen LogP contribution < -0.4 is 5.32 Å². The number of nitrogens with zero attached hydrogens (tertiary/aromatic N) is 2. The first-order chi connectivity index (χ1) is 6.76. The molecule has 1 unspecified atom stereocenters. The summed E-state index contributed by atoms with van der Waals surface area (Å²) in [4.78, 5) is 3.89. The summed E-state index contributed by atoms with van der Waals surface area (Å²) in [5, 5.41) is 11.9. The van der Waals surface area contributed by atoms with Crippen molar-refractivity contribution in [2.75, 3.05) is 5.32 Å². The monoisotopic (exact) mass is 187 g/mol. The molecule has 1 heterocycles. The van der Waals surface area contributed by atoms with E-state index in [2.05, 4.69) is 23.8 Å². The molecule has 1 rings (SSSR count). The van der Waals surface area contributed by atoms with Gasteiger partial charge in [-0.2, -0.15) is 5.26 Å². The predicted octanol–water partition coefficient (Wildman–Crippen LogP) is 2.33. The van der Waals surface area contributed by atoms with Crippen molar-refractivity contribution in [3.8, 4) is 6.07 Å². The fourth-order valence-electron chi connectivity index (χ4n) is 1.17. The highest BCUT2D eigenvalue weighted by Gasteiger charge is 2.00. The molecule has 0 amide bonds. The minimum atomic E-state index is 0.321. The van der Waals surface area contributed by atoms with E-state index < -0.39 is 0 Å². The minimum absolute atomic E-state index is 0.321. The van der Waals surface area contributed by atoms with Gasteiger partial charge >= 0.3 is 0 Å². The van der Waals surface area contributed by atoms with Crippen LogP contribution >= 0.6 is 0 Å². The summed E-state index contributed by atoms with van der Waals surface area (Å²) in [5.74, 6) is 0. The Labute approximate surface area is 84.1 Å². The molecule has 0 spiro atoms. The molecule has 3 nitrogen and oxygen atoms in total. The maximum atomic E-state index is 8.64. The fraction of sp³-hybridized carbons (Fsp3) is 0.273. The van der Waals surface area contributed by atoms with Gasteiger partial charge in [-0.15, -0.1) is 6.58 Å². The van der Waals surface area contributed by atoms with Crippen LogP contribution in [0.15, 0.2) is 31.0 Å².